The highest BCUT2D eigenvalue weighted by Crippen LogP contribution is 2.02. The molecule has 0 saturated heterocycles. The minimum atomic E-state index is 0. The Morgan fingerprint density at radius 3 is 1.83 bits per heavy atom. The van der Waals surface area contributed by atoms with Gasteiger partial charge in [-0.1, -0.05) is 0 Å². The van der Waals surface area contributed by atoms with E-state index in [1.807, 2.05) is 0 Å². The van der Waals surface area contributed by atoms with Crippen LogP contribution in [0, 0.1) is 7.11 Å². The number of halogens is 1. The first kappa shape index (κ1) is 15.0. The quantitative estimate of drug-likeness (QED) is 0.319. The summed E-state index contributed by atoms with van der Waals surface area (Å²) < 4.78 is 4.77. The van der Waals surface area contributed by atoms with E-state index in [2.05, 4.69) is 45.1 Å². The summed E-state index contributed by atoms with van der Waals surface area (Å²) in [6.07, 6.45) is 1.43. The van der Waals surface area contributed by atoms with Crippen molar-refractivity contribution >= 4 is 0 Å². The van der Waals surface area contributed by atoms with Gasteiger partial charge in [0, 0.05) is 6.42 Å². The van der Waals surface area contributed by atoms with Crippen LogP contribution in [-0.4, -0.2) is 50.8 Å². The van der Waals surface area contributed by atoms with Gasteiger partial charge in [0.2, 0.25) is 7.11 Å². The van der Waals surface area contributed by atoms with Crippen molar-refractivity contribution in [1.82, 2.24) is 9.80 Å². The number of hydrogen-bond acceptors (Lipinski definition) is 3. The lowest BCUT2D eigenvalue weighted by Crippen LogP contribution is -3.00. The van der Waals surface area contributed by atoms with Crippen LogP contribution in [0.2, 0.25) is 0 Å². The molecule has 0 atom stereocenters. The molecule has 0 aromatic carbocycles. The Bertz CT molecular complexity index is 91.1. The molecule has 3 nitrogen and oxygen atoms in total. The number of ether oxygens (including phenoxy) is 1. The summed E-state index contributed by atoms with van der Waals surface area (Å²) in [4.78, 5) is 4.33. The zero-order valence-electron chi connectivity index (χ0n) is 8.38. The molecule has 74 valence electrons. The lowest BCUT2D eigenvalue weighted by Gasteiger charge is -2.29. The molecule has 4 heteroatoms. The average molecular weight is 286 g/mol. The molecule has 0 bridgehead atoms. The van der Waals surface area contributed by atoms with E-state index < -0.39 is 0 Å². The Morgan fingerprint density at radius 2 is 1.58 bits per heavy atom. The highest BCUT2D eigenvalue weighted by atomic mass is 127. The van der Waals surface area contributed by atoms with E-state index >= 15 is 0 Å². The van der Waals surface area contributed by atoms with Gasteiger partial charge in [0.15, 0.2) is 0 Å². The monoisotopic (exact) mass is 286 g/mol. The molecule has 0 aromatic rings. The maximum absolute atomic E-state index is 4.77. The first-order chi connectivity index (χ1) is 5.09. The van der Waals surface area contributed by atoms with Crippen LogP contribution < -0.4 is 24.0 Å². The van der Waals surface area contributed by atoms with Crippen LogP contribution in [0.4, 0.5) is 0 Å². The van der Waals surface area contributed by atoms with Crippen LogP contribution in [-0.2, 0) is 4.74 Å². The van der Waals surface area contributed by atoms with Gasteiger partial charge in [-0.3, -0.25) is 9.80 Å². The van der Waals surface area contributed by atoms with E-state index in [0.717, 1.165) is 6.42 Å². The predicted octanol–water partition coefficient (Wildman–Crippen LogP) is -2.36. The summed E-state index contributed by atoms with van der Waals surface area (Å²) in [6.45, 7) is 0.709. The molecule has 0 rings (SSSR count). The molecule has 0 unspecified atom stereocenters. The molecule has 0 aliphatic rings. The Balaban J connectivity index is 0. The number of rotatable bonds is 5. The van der Waals surface area contributed by atoms with Crippen LogP contribution in [0.15, 0.2) is 0 Å². The fraction of sp³-hybridized carbons (Fsp3) is 0.875. The molecular formula is C8H19IN2O. The molecular weight excluding hydrogens is 267 g/mol. The average Bonchev–Trinajstić information content (AvgIpc) is 1.87. The standard InChI is InChI=1S/C8H19N2O.HI/c1-9(2)8(10(3)4)6-7-11-5;/h8H,5-7H2,1-4H3;1H/q+1;/p-1. The van der Waals surface area contributed by atoms with Gasteiger partial charge in [-0.25, -0.2) is 0 Å². The molecule has 0 spiro atoms. The van der Waals surface area contributed by atoms with Gasteiger partial charge in [-0.15, -0.1) is 0 Å². The third-order valence-electron chi connectivity index (χ3n) is 1.71. The smallest absolute Gasteiger partial charge is 0.213 e. The first-order valence-electron chi connectivity index (χ1n) is 3.79. The maximum Gasteiger partial charge on any atom is 0.213 e. The summed E-state index contributed by atoms with van der Waals surface area (Å²) in [5, 5.41) is 0. The van der Waals surface area contributed by atoms with Gasteiger partial charge >= 0.3 is 0 Å². The molecule has 0 N–H and O–H groups in total. The summed E-state index contributed by atoms with van der Waals surface area (Å²) in [5.41, 5.74) is 0. The Kier molecular flexibility index (Phi) is 10.1. The predicted molar refractivity (Wildman–Crippen MR) is 47.1 cm³/mol. The molecule has 0 aliphatic heterocycles. The molecule has 0 amide bonds. The summed E-state index contributed by atoms with van der Waals surface area (Å²) in [5.74, 6) is 0. The zero-order chi connectivity index (χ0) is 8.85. The molecule has 0 fully saturated rings. The third kappa shape index (κ3) is 6.05. The molecule has 0 aromatic heterocycles. The van der Waals surface area contributed by atoms with E-state index in [1.54, 1.807) is 0 Å². The van der Waals surface area contributed by atoms with Crippen LogP contribution in [0.1, 0.15) is 6.42 Å². The van der Waals surface area contributed by atoms with Crippen LogP contribution in [0.3, 0.4) is 0 Å². The van der Waals surface area contributed by atoms with E-state index in [4.69, 9.17) is 4.74 Å². The third-order valence-corrected chi connectivity index (χ3v) is 1.71. The minimum Gasteiger partial charge on any atom is -1.00 e. The highest BCUT2D eigenvalue weighted by molar-refractivity contribution is 4.61. The second-order valence-corrected chi connectivity index (χ2v) is 3.10. The van der Waals surface area contributed by atoms with E-state index in [-0.39, 0.29) is 24.0 Å². The topological polar surface area (TPSA) is 15.7 Å². The SMILES string of the molecule is [CH2+]OCCC(N(C)C)N(C)C.[I-]. The van der Waals surface area contributed by atoms with Crippen LogP contribution >= 0.6 is 0 Å². The second kappa shape index (κ2) is 8.10. The molecule has 0 aliphatic carbocycles. The molecule has 12 heavy (non-hydrogen) atoms. The van der Waals surface area contributed by atoms with Crippen molar-refractivity contribution in [3.63, 3.8) is 0 Å². The summed E-state index contributed by atoms with van der Waals surface area (Å²) >= 11 is 0. The molecule has 0 saturated carbocycles. The largest absolute Gasteiger partial charge is 1.00 e. The van der Waals surface area contributed by atoms with Crippen LogP contribution in [0.25, 0.3) is 0 Å². The van der Waals surface area contributed by atoms with Gasteiger partial charge in [0.05, 0.1) is 6.17 Å². The lowest BCUT2D eigenvalue weighted by atomic mass is 10.3. The fourth-order valence-electron chi connectivity index (χ4n) is 1.17. The zero-order valence-corrected chi connectivity index (χ0v) is 10.5. The van der Waals surface area contributed by atoms with Crippen molar-refractivity contribution in [2.45, 2.75) is 12.6 Å². The maximum atomic E-state index is 4.77. The van der Waals surface area contributed by atoms with Gasteiger partial charge in [-0.05, 0) is 28.2 Å². The fourth-order valence-corrected chi connectivity index (χ4v) is 1.17. The summed E-state index contributed by atoms with van der Waals surface area (Å²) in [7, 11) is 11.6. The highest BCUT2D eigenvalue weighted by Gasteiger charge is 2.12. The van der Waals surface area contributed by atoms with Crippen molar-refractivity contribution in [2.24, 2.45) is 0 Å². The van der Waals surface area contributed by atoms with Crippen molar-refractivity contribution in [3.05, 3.63) is 7.11 Å². The normalized spacial score (nSPS) is 10.9. The van der Waals surface area contributed by atoms with E-state index in [0.29, 0.717) is 12.8 Å². The Hall–Kier alpha value is 0.480. The van der Waals surface area contributed by atoms with Crippen molar-refractivity contribution in [1.29, 1.82) is 0 Å². The van der Waals surface area contributed by atoms with Gasteiger partial charge in [0.1, 0.15) is 6.61 Å². The number of nitrogens with zero attached hydrogens (tertiary/aromatic N) is 2. The van der Waals surface area contributed by atoms with Crippen molar-refractivity contribution in [2.75, 3.05) is 34.8 Å². The van der Waals surface area contributed by atoms with Gasteiger partial charge < -0.3 is 24.0 Å². The summed E-state index contributed by atoms with van der Waals surface area (Å²) in [6, 6.07) is 0. The molecule has 0 radical (unpaired) electrons. The van der Waals surface area contributed by atoms with Crippen molar-refractivity contribution in [3.8, 4) is 0 Å². The second-order valence-electron chi connectivity index (χ2n) is 3.10. The minimum absolute atomic E-state index is 0. The Morgan fingerprint density at radius 1 is 1.17 bits per heavy atom. The van der Waals surface area contributed by atoms with Crippen molar-refractivity contribution < 1.29 is 28.7 Å². The number of hydrogen-bond donors (Lipinski definition) is 0. The lowest BCUT2D eigenvalue weighted by molar-refractivity contribution is -0.00000298. The van der Waals surface area contributed by atoms with Gasteiger partial charge in [-0.2, -0.15) is 4.74 Å². The van der Waals surface area contributed by atoms with Gasteiger partial charge in [0.25, 0.3) is 0 Å². The van der Waals surface area contributed by atoms with Crippen LogP contribution in [0.5, 0.6) is 0 Å². The van der Waals surface area contributed by atoms with E-state index in [9.17, 15) is 0 Å². The Labute approximate surface area is 93.1 Å². The first-order valence-corrected chi connectivity index (χ1v) is 3.79. The molecule has 0 heterocycles. The van der Waals surface area contributed by atoms with E-state index in [1.165, 1.54) is 0 Å².